The minimum absolute atomic E-state index is 0.0711. The van der Waals surface area contributed by atoms with Crippen molar-refractivity contribution in [2.24, 2.45) is 0 Å². The molecular weight excluding hydrogens is 356 g/mol. The van der Waals surface area contributed by atoms with Crippen molar-refractivity contribution in [2.75, 3.05) is 19.7 Å². The van der Waals surface area contributed by atoms with Crippen molar-refractivity contribution in [1.29, 1.82) is 0 Å². The van der Waals surface area contributed by atoms with Crippen LogP contribution in [-0.4, -0.2) is 52.7 Å². The minimum atomic E-state index is -1.05. The first-order valence-corrected chi connectivity index (χ1v) is 9.14. The maximum atomic E-state index is 12.4. The molecule has 1 amide bonds. The van der Waals surface area contributed by atoms with E-state index in [0.717, 1.165) is 10.8 Å². The molecule has 1 aliphatic heterocycles. The number of benzene rings is 1. The second kappa shape index (κ2) is 8.29. The number of hydrogen-bond donors (Lipinski definition) is 1. The molecule has 1 fully saturated rings. The van der Waals surface area contributed by atoms with E-state index < -0.39 is 12.1 Å². The fourth-order valence-electron chi connectivity index (χ4n) is 2.57. The Hall–Kier alpha value is -2.45. The third-order valence-corrected chi connectivity index (χ3v) is 4.88. The SMILES string of the molecule is Cc1ccc(OCc2nc(CC(=O)N3CCO[C@@H](C(=O)O)C3)cs2)cc1. The smallest absolute Gasteiger partial charge is 0.334 e. The maximum Gasteiger partial charge on any atom is 0.334 e. The van der Waals surface area contributed by atoms with Crippen molar-refractivity contribution in [3.05, 3.63) is 45.9 Å². The van der Waals surface area contributed by atoms with E-state index in [0.29, 0.717) is 18.8 Å². The highest BCUT2D eigenvalue weighted by Gasteiger charge is 2.29. The summed E-state index contributed by atoms with van der Waals surface area (Å²) < 4.78 is 10.8. The standard InChI is InChI=1S/C18H20N2O5S/c1-12-2-4-14(5-3-12)25-10-16-19-13(11-26-16)8-17(21)20-6-7-24-15(9-20)18(22)23/h2-5,11,15H,6-10H2,1H3,(H,22,23)/t15-/m1/s1. The summed E-state index contributed by atoms with van der Waals surface area (Å²) in [5.41, 5.74) is 1.83. The van der Waals surface area contributed by atoms with Gasteiger partial charge in [0.05, 0.1) is 25.3 Å². The van der Waals surface area contributed by atoms with Gasteiger partial charge in [0.2, 0.25) is 5.91 Å². The van der Waals surface area contributed by atoms with E-state index in [1.165, 1.54) is 21.8 Å². The average Bonchev–Trinajstić information content (AvgIpc) is 3.08. The number of aryl methyl sites for hydroxylation is 1. The Morgan fingerprint density at radius 3 is 2.88 bits per heavy atom. The lowest BCUT2D eigenvalue weighted by Crippen LogP contribution is -2.49. The fourth-order valence-corrected chi connectivity index (χ4v) is 3.27. The number of aliphatic carboxylic acids is 1. The molecule has 0 spiro atoms. The number of morpholine rings is 1. The number of carbonyl (C=O) groups is 2. The minimum Gasteiger partial charge on any atom is -0.486 e. The van der Waals surface area contributed by atoms with Crippen LogP contribution in [0.3, 0.4) is 0 Å². The lowest BCUT2D eigenvalue weighted by molar-refractivity contribution is -0.159. The fraction of sp³-hybridized carbons (Fsp3) is 0.389. The number of amides is 1. The monoisotopic (exact) mass is 376 g/mol. The van der Waals surface area contributed by atoms with Gasteiger partial charge in [0.25, 0.3) is 0 Å². The Morgan fingerprint density at radius 1 is 1.38 bits per heavy atom. The molecule has 0 aliphatic carbocycles. The largest absolute Gasteiger partial charge is 0.486 e. The number of ether oxygens (including phenoxy) is 2. The van der Waals surface area contributed by atoms with Crippen LogP contribution in [0.25, 0.3) is 0 Å². The summed E-state index contributed by atoms with van der Waals surface area (Å²) in [5.74, 6) is -0.418. The van der Waals surface area contributed by atoms with E-state index >= 15 is 0 Å². The van der Waals surface area contributed by atoms with Crippen LogP contribution >= 0.6 is 11.3 Å². The van der Waals surface area contributed by atoms with Crippen LogP contribution in [0.1, 0.15) is 16.3 Å². The molecule has 7 nitrogen and oxygen atoms in total. The maximum absolute atomic E-state index is 12.4. The molecule has 2 aromatic rings. The Bertz CT molecular complexity index is 774. The summed E-state index contributed by atoms with van der Waals surface area (Å²) >= 11 is 1.44. The molecule has 1 aliphatic rings. The van der Waals surface area contributed by atoms with E-state index in [9.17, 15) is 9.59 Å². The second-order valence-corrected chi connectivity index (χ2v) is 6.99. The van der Waals surface area contributed by atoms with Crippen molar-refractivity contribution in [1.82, 2.24) is 9.88 Å². The first-order chi connectivity index (χ1) is 12.5. The lowest BCUT2D eigenvalue weighted by Gasteiger charge is -2.30. The molecule has 8 heteroatoms. The van der Waals surface area contributed by atoms with Crippen LogP contribution in [-0.2, 0) is 27.4 Å². The van der Waals surface area contributed by atoms with Gasteiger partial charge in [0.1, 0.15) is 17.4 Å². The lowest BCUT2D eigenvalue weighted by atomic mass is 10.2. The summed E-state index contributed by atoms with van der Waals surface area (Å²) in [7, 11) is 0. The first kappa shape index (κ1) is 18.3. The normalized spacial score (nSPS) is 17.1. The molecule has 138 valence electrons. The number of aromatic nitrogens is 1. The van der Waals surface area contributed by atoms with Crippen molar-refractivity contribution < 1.29 is 24.2 Å². The van der Waals surface area contributed by atoms with Crippen molar-refractivity contribution in [2.45, 2.75) is 26.1 Å². The Morgan fingerprint density at radius 2 is 2.15 bits per heavy atom. The van der Waals surface area contributed by atoms with Gasteiger partial charge in [-0.05, 0) is 19.1 Å². The third kappa shape index (κ3) is 4.80. The molecule has 0 saturated carbocycles. The van der Waals surface area contributed by atoms with E-state index in [-0.39, 0.29) is 25.5 Å². The van der Waals surface area contributed by atoms with Gasteiger partial charge in [0, 0.05) is 11.9 Å². The van der Waals surface area contributed by atoms with E-state index in [2.05, 4.69) is 4.98 Å². The van der Waals surface area contributed by atoms with Crippen molar-refractivity contribution >= 4 is 23.2 Å². The highest BCUT2D eigenvalue weighted by molar-refractivity contribution is 7.09. The number of hydrogen-bond acceptors (Lipinski definition) is 6. The topological polar surface area (TPSA) is 89.0 Å². The molecule has 1 atom stereocenters. The number of carbonyl (C=O) groups excluding carboxylic acids is 1. The zero-order valence-corrected chi connectivity index (χ0v) is 15.2. The van der Waals surface area contributed by atoms with Gasteiger partial charge in [-0.1, -0.05) is 17.7 Å². The highest BCUT2D eigenvalue weighted by Crippen LogP contribution is 2.17. The number of carboxylic acids is 1. The number of nitrogens with zero attached hydrogens (tertiary/aromatic N) is 2. The zero-order chi connectivity index (χ0) is 18.5. The molecule has 0 radical (unpaired) electrons. The number of rotatable bonds is 6. The van der Waals surface area contributed by atoms with E-state index in [1.807, 2.05) is 36.6 Å². The van der Waals surface area contributed by atoms with Crippen LogP contribution in [0.15, 0.2) is 29.6 Å². The molecule has 1 aromatic carbocycles. The second-order valence-electron chi connectivity index (χ2n) is 6.05. The van der Waals surface area contributed by atoms with Crippen LogP contribution < -0.4 is 4.74 Å². The predicted octanol–water partition coefficient (Wildman–Crippen LogP) is 1.89. The molecule has 1 saturated heterocycles. The van der Waals surface area contributed by atoms with Crippen LogP contribution in [0.4, 0.5) is 0 Å². The third-order valence-electron chi connectivity index (χ3n) is 4.01. The predicted molar refractivity (Wildman–Crippen MR) is 95.3 cm³/mol. The van der Waals surface area contributed by atoms with Gasteiger partial charge in [-0.25, -0.2) is 9.78 Å². The molecule has 1 aromatic heterocycles. The van der Waals surface area contributed by atoms with Gasteiger partial charge in [-0.3, -0.25) is 4.79 Å². The zero-order valence-electron chi connectivity index (χ0n) is 14.4. The van der Waals surface area contributed by atoms with Gasteiger partial charge >= 0.3 is 5.97 Å². The Balaban J connectivity index is 1.52. The van der Waals surface area contributed by atoms with Gasteiger partial charge < -0.3 is 19.5 Å². The summed E-state index contributed by atoms with van der Waals surface area (Å²) in [6.07, 6.45) is -0.811. The van der Waals surface area contributed by atoms with Crippen LogP contribution in [0.2, 0.25) is 0 Å². The van der Waals surface area contributed by atoms with E-state index in [4.69, 9.17) is 14.6 Å². The molecule has 26 heavy (non-hydrogen) atoms. The molecular formula is C18H20N2O5S. The van der Waals surface area contributed by atoms with Crippen molar-refractivity contribution in [3.63, 3.8) is 0 Å². The number of carboxylic acid groups (broad SMARTS) is 1. The summed E-state index contributed by atoms with van der Waals surface area (Å²) in [5, 5.41) is 11.6. The Kier molecular flexibility index (Phi) is 5.85. The summed E-state index contributed by atoms with van der Waals surface area (Å²) in [6, 6.07) is 7.78. The molecule has 3 rings (SSSR count). The Labute approximate surface area is 155 Å². The van der Waals surface area contributed by atoms with E-state index in [1.54, 1.807) is 0 Å². The summed E-state index contributed by atoms with van der Waals surface area (Å²) in [6.45, 7) is 3.06. The van der Waals surface area contributed by atoms with Crippen molar-refractivity contribution in [3.8, 4) is 5.75 Å². The molecule has 0 unspecified atom stereocenters. The van der Waals surface area contributed by atoms with Gasteiger partial charge in [-0.2, -0.15) is 0 Å². The van der Waals surface area contributed by atoms with Crippen LogP contribution in [0, 0.1) is 6.92 Å². The highest BCUT2D eigenvalue weighted by atomic mass is 32.1. The first-order valence-electron chi connectivity index (χ1n) is 8.26. The quantitative estimate of drug-likeness (QED) is 0.828. The average molecular weight is 376 g/mol. The van der Waals surface area contributed by atoms with Crippen LogP contribution in [0.5, 0.6) is 5.75 Å². The van der Waals surface area contributed by atoms with Gasteiger partial charge in [0.15, 0.2) is 6.10 Å². The molecule has 0 bridgehead atoms. The van der Waals surface area contributed by atoms with Gasteiger partial charge in [-0.15, -0.1) is 11.3 Å². The molecule has 2 heterocycles. The molecule has 1 N–H and O–H groups in total. The summed E-state index contributed by atoms with van der Waals surface area (Å²) in [4.78, 5) is 29.3. The number of thiazole rings is 1.